The van der Waals surface area contributed by atoms with Crippen LogP contribution >= 0.6 is 11.8 Å². The zero-order chi connectivity index (χ0) is 5.98. The Labute approximate surface area is 52.3 Å². The van der Waals surface area contributed by atoms with Crippen molar-refractivity contribution in [3.05, 3.63) is 0 Å². The van der Waals surface area contributed by atoms with Gasteiger partial charge in [0.15, 0.2) is 0 Å². The summed E-state index contributed by atoms with van der Waals surface area (Å²) in [6.45, 7) is 0. The zero-order valence-electron chi connectivity index (χ0n) is 4.46. The van der Waals surface area contributed by atoms with E-state index in [0.717, 1.165) is 18.6 Å². The quantitative estimate of drug-likeness (QED) is 0.577. The smallest absolute Gasteiger partial charge is 0.316 e. The fraction of sp³-hybridized carbons (Fsp3) is 0.800. The summed E-state index contributed by atoms with van der Waals surface area (Å²) in [4.78, 5) is 10.2. The van der Waals surface area contributed by atoms with E-state index in [4.69, 9.17) is 5.11 Å². The maximum absolute atomic E-state index is 10.2. The van der Waals surface area contributed by atoms with Crippen molar-refractivity contribution < 1.29 is 9.90 Å². The second kappa shape index (κ2) is 2.40. The summed E-state index contributed by atoms with van der Waals surface area (Å²) in [5.74, 6) is 0.379. The molecule has 0 amide bonds. The van der Waals surface area contributed by atoms with Crippen LogP contribution in [0.1, 0.15) is 12.8 Å². The Balaban J connectivity index is 2.35. The molecule has 1 rings (SSSR count). The molecule has 0 bridgehead atoms. The molecule has 0 aliphatic carbocycles. The molecule has 0 radical (unpaired) electrons. The summed E-state index contributed by atoms with van der Waals surface area (Å²) in [5, 5.41) is 8.29. The van der Waals surface area contributed by atoms with Gasteiger partial charge < -0.3 is 5.11 Å². The first kappa shape index (κ1) is 5.95. The van der Waals surface area contributed by atoms with Crippen LogP contribution < -0.4 is 0 Å². The number of thioether (sulfide) groups is 1. The number of hydrogen-bond acceptors (Lipinski definition) is 2. The standard InChI is InChI=1S/C5H8O2S/c6-5(7)4-2-1-3-8-4/h4H,1-3H2,(H,6,7)/t4-/m1/s1. The van der Waals surface area contributed by atoms with Crippen molar-refractivity contribution in [3.63, 3.8) is 0 Å². The van der Waals surface area contributed by atoms with Crippen LogP contribution in [0.25, 0.3) is 0 Å². The monoisotopic (exact) mass is 132 g/mol. The number of carboxylic acids is 1. The molecule has 0 aromatic rings. The van der Waals surface area contributed by atoms with Crippen LogP contribution in [0.15, 0.2) is 0 Å². The van der Waals surface area contributed by atoms with E-state index in [0.29, 0.717) is 0 Å². The molecule has 1 heterocycles. The molecule has 0 unspecified atom stereocenters. The number of carboxylic acid groups (broad SMARTS) is 1. The predicted octanol–water partition coefficient (Wildman–Crippen LogP) is 0.967. The minimum Gasteiger partial charge on any atom is -0.480 e. The van der Waals surface area contributed by atoms with E-state index in [9.17, 15) is 4.79 Å². The van der Waals surface area contributed by atoms with Gasteiger partial charge in [-0.1, -0.05) is 0 Å². The van der Waals surface area contributed by atoms with E-state index in [1.54, 1.807) is 11.8 Å². The lowest BCUT2D eigenvalue weighted by Gasteiger charge is -1.96. The molecule has 2 nitrogen and oxygen atoms in total. The molecule has 0 spiro atoms. The highest BCUT2D eigenvalue weighted by Gasteiger charge is 2.21. The van der Waals surface area contributed by atoms with E-state index in [2.05, 4.69) is 0 Å². The molecule has 1 atom stereocenters. The van der Waals surface area contributed by atoms with Crippen LogP contribution in [0.2, 0.25) is 0 Å². The number of rotatable bonds is 1. The van der Waals surface area contributed by atoms with E-state index < -0.39 is 5.97 Å². The van der Waals surface area contributed by atoms with Gasteiger partial charge in [0.05, 0.1) is 0 Å². The van der Waals surface area contributed by atoms with Gasteiger partial charge in [-0.15, -0.1) is 11.8 Å². The van der Waals surface area contributed by atoms with Crippen LogP contribution in [-0.4, -0.2) is 22.1 Å². The Bertz CT molecular complexity index is 96.6. The van der Waals surface area contributed by atoms with Crippen molar-refractivity contribution in [1.82, 2.24) is 0 Å². The lowest BCUT2D eigenvalue weighted by atomic mass is 10.3. The van der Waals surface area contributed by atoms with Gasteiger partial charge in [-0.05, 0) is 18.6 Å². The number of aliphatic carboxylic acids is 1. The molecular formula is C5H8O2S. The lowest BCUT2D eigenvalue weighted by molar-refractivity contribution is -0.136. The van der Waals surface area contributed by atoms with Gasteiger partial charge in [0.1, 0.15) is 5.25 Å². The van der Waals surface area contributed by atoms with E-state index in [1.165, 1.54) is 0 Å². The van der Waals surface area contributed by atoms with Crippen LogP contribution in [0.5, 0.6) is 0 Å². The first-order valence-electron chi connectivity index (χ1n) is 2.65. The van der Waals surface area contributed by atoms with Crippen molar-refractivity contribution in [2.24, 2.45) is 0 Å². The van der Waals surface area contributed by atoms with Gasteiger partial charge >= 0.3 is 5.97 Å². The van der Waals surface area contributed by atoms with Crippen molar-refractivity contribution in [2.45, 2.75) is 18.1 Å². The summed E-state index contributed by atoms with van der Waals surface area (Å²) < 4.78 is 0. The predicted molar refractivity (Wildman–Crippen MR) is 33.1 cm³/mol. The molecule has 1 N–H and O–H groups in total. The van der Waals surface area contributed by atoms with Crippen molar-refractivity contribution >= 4 is 17.7 Å². The average Bonchev–Trinajstić information content (AvgIpc) is 2.12. The van der Waals surface area contributed by atoms with Crippen LogP contribution in [0, 0.1) is 0 Å². The van der Waals surface area contributed by atoms with Gasteiger partial charge in [0.25, 0.3) is 0 Å². The van der Waals surface area contributed by atoms with Crippen LogP contribution in [0.3, 0.4) is 0 Å². The summed E-state index contributed by atoms with van der Waals surface area (Å²) in [6.07, 6.45) is 1.93. The van der Waals surface area contributed by atoms with Crippen molar-refractivity contribution in [3.8, 4) is 0 Å². The van der Waals surface area contributed by atoms with Crippen molar-refractivity contribution in [2.75, 3.05) is 5.75 Å². The molecule has 0 aromatic heterocycles. The van der Waals surface area contributed by atoms with Gasteiger partial charge in [0, 0.05) is 0 Å². The van der Waals surface area contributed by atoms with Gasteiger partial charge in [-0.3, -0.25) is 4.79 Å². The lowest BCUT2D eigenvalue weighted by Crippen LogP contribution is -2.11. The fourth-order valence-corrected chi connectivity index (χ4v) is 1.87. The van der Waals surface area contributed by atoms with E-state index in [-0.39, 0.29) is 5.25 Å². The largest absolute Gasteiger partial charge is 0.480 e. The van der Waals surface area contributed by atoms with Gasteiger partial charge in [-0.2, -0.15) is 0 Å². The van der Waals surface area contributed by atoms with Crippen LogP contribution in [0.4, 0.5) is 0 Å². The normalized spacial score (nSPS) is 28.2. The van der Waals surface area contributed by atoms with Crippen LogP contribution in [-0.2, 0) is 4.79 Å². The second-order valence-corrected chi connectivity index (χ2v) is 3.15. The Kier molecular flexibility index (Phi) is 1.78. The molecule has 1 aliphatic heterocycles. The first-order chi connectivity index (χ1) is 3.80. The van der Waals surface area contributed by atoms with E-state index in [1.807, 2.05) is 0 Å². The maximum atomic E-state index is 10.2. The summed E-state index contributed by atoms with van der Waals surface area (Å²) in [6, 6.07) is 0. The molecular weight excluding hydrogens is 124 g/mol. The third-order valence-corrected chi connectivity index (χ3v) is 2.57. The summed E-state index contributed by atoms with van der Waals surface area (Å²) >= 11 is 1.55. The summed E-state index contributed by atoms with van der Waals surface area (Å²) in [5.41, 5.74) is 0. The number of hydrogen-bond donors (Lipinski definition) is 1. The molecule has 1 saturated heterocycles. The molecule has 0 saturated carbocycles. The highest BCUT2D eigenvalue weighted by atomic mass is 32.2. The molecule has 46 valence electrons. The maximum Gasteiger partial charge on any atom is 0.316 e. The second-order valence-electron chi connectivity index (χ2n) is 1.84. The minimum absolute atomic E-state index is 0.102. The first-order valence-corrected chi connectivity index (χ1v) is 3.70. The highest BCUT2D eigenvalue weighted by Crippen LogP contribution is 2.25. The molecule has 8 heavy (non-hydrogen) atoms. The SMILES string of the molecule is O=C(O)[C@H]1CCCS1. The molecule has 1 fully saturated rings. The van der Waals surface area contributed by atoms with Gasteiger partial charge in [0.2, 0.25) is 0 Å². The topological polar surface area (TPSA) is 37.3 Å². The summed E-state index contributed by atoms with van der Waals surface area (Å²) in [7, 11) is 0. The Morgan fingerprint density at radius 3 is 2.75 bits per heavy atom. The minimum atomic E-state index is -0.646. The average molecular weight is 132 g/mol. The zero-order valence-corrected chi connectivity index (χ0v) is 5.28. The molecule has 0 aromatic carbocycles. The fourth-order valence-electron chi connectivity index (χ4n) is 0.772. The number of carbonyl (C=O) groups is 1. The Morgan fingerprint density at radius 1 is 1.75 bits per heavy atom. The third-order valence-electron chi connectivity index (χ3n) is 1.21. The Hall–Kier alpha value is -0.180. The van der Waals surface area contributed by atoms with E-state index >= 15 is 0 Å². The molecule has 1 aliphatic rings. The highest BCUT2D eigenvalue weighted by molar-refractivity contribution is 8.00. The Morgan fingerprint density at radius 2 is 2.50 bits per heavy atom. The third kappa shape index (κ3) is 1.15. The molecule has 3 heteroatoms. The van der Waals surface area contributed by atoms with Gasteiger partial charge in [-0.25, -0.2) is 0 Å². The van der Waals surface area contributed by atoms with Crippen molar-refractivity contribution in [1.29, 1.82) is 0 Å².